The minimum atomic E-state index is -4.46. The van der Waals surface area contributed by atoms with E-state index in [1.807, 2.05) is 12.1 Å². The van der Waals surface area contributed by atoms with Crippen LogP contribution in [0.3, 0.4) is 0 Å². The van der Waals surface area contributed by atoms with Gasteiger partial charge in [0.1, 0.15) is 5.75 Å². The summed E-state index contributed by atoms with van der Waals surface area (Å²) in [6.45, 7) is 2.28. The molecule has 5 heteroatoms. The molecule has 1 rings (SSSR count). The molecule has 168 valence electrons. The van der Waals surface area contributed by atoms with Crippen molar-refractivity contribution in [1.29, 1.82) is 0 Å². The molecule has 0 aromatic heterocycles. The Kier molecular flexibility index (Phi) is 15.3. The maximum atomic E-state index is 10.8. The number of hydrogen-bond donors (Lipinski definition) is 2. The van der Waals surface area contributed by atoms with Crippen LogP contribution in [0.15, 0.2) is 24.3 Å². The van der Waals surface area contributed by atoms with E-state index in [-0.39, 0.29) is 5.75 Å². The van der Waals surface area contributed by atoms with Gasteiger partial charge in [-0.25, -0.2) is 4.57 Å². The van der Waals surface area contributed by atoms with Crippen LogP contribution in [0.4, 0.5) is 0 Å². The Morgan fingerprint density at radius 2 is 1.03 bits per heavy atom. The maximum Gasteiger partial charge on any atom is 0.524 e. The molecule has 0 spiro atoms. The van der Waals surface area contributed by atoms with Crippen molar-refractivity contribution in [2.24, 2.45) is 0 Å². The summed E-state index contributed by atoms with van der Waals surface area (Å²) in [5, 5.41) is 0. The van der Waals surface area contributed by atoms with E-state index in [4.69, 9.17) is 9.79 Å². The first-order chi connectivity index (χ1) is 14.0. The molecule has 0 atom stereocenters. The summed E-state index contributed by atoms with van der Waals surface area (Å²) in [5.74, 6) is 0.217. The smallest absolute Gasteiger partial charge is 0.404 e. The molecular formula is C24H43O4P. The van der Waals surface area contributed by atoms with E-state index >= 15 is 0 Å². The van der Waals surface area contributed by atoms with E-state index in [9.17, 15) is 4.57 Å². The van der Waals surface area contributed by atoms with Gasteiger partial charge in [-0.3, -0.25) is 9.79 Å². The number of benzene rings is 1. The first-order valence-electron chi connectivity index (χ1n) is 11.9. The molecule has 0 saturated carbocycles. The molecule has 0 aliphatic rings. The summed E-state index contributed by atoms with van der Waals surface area (Å²) in [5.41, 5.74) is 1.19. The van der Waals surface area contributed by atoms with Gasteiger partial charge in [0.15, 0.2) is 0 Å². The summed E-state index contributed by atoms with van der Waals surface area (Å²) in [6, 6.07) is 7.02. The van der Waals surface area contributed by atoms with Crippen molar-refractivity contribution in [3.05, 3.63) is 29.8 Å². The van der Waals surface area contributed by atoms with Crippen LogP contribution in [-0.4, -0.2) is 9.79 Å². The van der Waals surface area contributed by atoms with Crippen molar-refractivity contribution in [2.45, 2.75) is 116 Å². The van der Waals surface area contributed by atoms with Crippen LogP contribution in [0.1, 0.15) is 115 Å². The lowest BCUT2D eigenvalue weighted by molar-refractivity contribution is 0.283. The van der Waals surface area contributed by atoms with Crippen molar-refractivity contribution in [1.82, 2.24) is 0 Å². The Bertz CT molecular complexity index is 538. The molecule has 0 bridgehead atoms. The second-order valence-corrected chi connectivity index (χ2v) is 9.44. The van der Waals surface area contributed by atoms with Crippen molar-refractivity contribution in [3.63, 3.8) is 0 Å². The fourth-order valence-corrected chi connectivity index (χ4v) is 4.13. The molecule has 1 aromatic rings. The Morgan fingerprint density at radius 3 is 1.41 bits per heavy atom. The first-order valence-corrected chi connectivity index (χ1v) is 13.4. The summed E-state index contributed by atoms with van der Waals surface area (Å²) < 4.78 is 15.4. The second kappa shape index (κ2) is 16.9. The lowest BCUT2D eigenvalue weighted by Crippen LogP contribution is -1.91. The van der Waals surface area contributed by atoms with Crippen LogP contribution < -0.4 is 4.52 Å². The highest BCUT2D eigenvalue weighted by molar-refractivity contribution is 7.46. The van der Waals surface area contributed by atoms with Crippen LogP contribution in [0.25, 0.3) is 0 Å². The van der Waals surface area contributed by atoms with Gasteiger partial charge in [-0.2, -0.15) is 0 Å². The summed E-state index contributed by atoms with van der Waals surface area (Å²) in [7, 11) is -4.46. The van der Waals surface area contributed by atoms with E-state index in [0.717, 1.165) is 12.8 Å². The summed E-state index contributed by atoms with van der Waals surface area (Å²) >= 11 is 0. The number of phosphoric ester groups is 1. The van der Waals surface area contributed by atoms with Gasteiger partial charge in [0.2, 0.25) is 0 Å². The standard InChI is InChI=1S/C24H43O4P/c1-2-3-4-5-6-7-8-9-10-11-12-13-14-15-16-17-18-23-19-21-24(22-20-23)28-29(25,26)27/h19-22H,2-18H2,1H3,(H2,25,26,27). The average molecular weight is 427 g/mol. The molecule has 0 aliphatic heterocycles. The predicted molar refractivity (Wildman–Crippen MR) is 122 cm³/mol. The van der Waals surface area contributed by atoms with Gasteiger partial charge < -0.3 is 4.52 Å². The SMILES string of the molecule is CCCCCCCCCCCCCCCCCCc1ccc(OP(=O)(O)O)cc1. The van der Waals surface area contributed by atoms with Crippen molar-refractivity contribution in [3.8, 4) is 5.75 Å². The number of unbranched alkanes of at least 4 members (excludes halogenated alkanes) is 15. The Morgan fingerprint density at radius 1 is 0.655 bits per heavy atom. The largest absolute Gasteiger partial charge is 0.524 e. The van der Waals surface area contributed by atoms with Gasteiger partial charge in [-0.15, -0.1) is 0 Å². The monoisotopic (exact) mass is 426 g/mol. The second-order valence-electron chi connectivity index (χ2n) is 8.28. The fraction of sp³-hybridized carbons (Fsp3) is 0.750. The molecule has 1 aromatic carbocycles. The number of phosphoric acid groups is 1. The number of hydrogen-bond acceptors (Lipinski definition) is 2. The van der Waals surface area contributed by atoms with Gasteiger partial charge in [0.05, 0.1) is 0 Å². The van der Waals surface area contributed by atoms with Gasteiger partial charge in [-0.1, -0.05) is 115 Å². The van der Waals surface area contributed by atoms with Crippen molar-refractivity contribution >= 4 is 7.82 Å². The molecule has 0 fully saturated rings. The lowest BCUT2D eigenvalue weighted by atomic mass is 10.0. The van der Waals surface area contributed by atoms with Gasteiger partial charge >= 0.3 is 7.82 Å². The minimum absolute atomic E-state index is 0.217. The van der Waals surface area contributed by atoms with E-state index in [2.05, 4.69) is 11.4 Å². The van der Waals surface area contributed by atoms with Crippen LogP contribution in [0.2, 0.25) is 0 Å². The highest BCUT2D eigenvalue weighted by Crippen LogP contribution is 2.37. The van der Waals surface area contributed by atoms with Crippen LogP contribution in [-0.2, 0) is 11.0 Å². The van der Waals surface area contributed by atoms with Crippen molar-refractivity contribution < 1.29 is 18.9 Å². The highest BCUT2D eigenvalue weighted by Gasteiger charge is 2.15. The average Bonchev–Trinajstić information content (AvgIpc) is 2.68. The molecule has 0 heterocycles. The molecule has 4 nitrogen and oxygen atoms in total. The fourth-order valence-electron chi connectivity index (χ4n) is 3.73. The van der Waals surface area contributed by atoms with Crippen LogP contribution >= 0.6 is 7.82 Å². The van der Waals surface area contributed by atoms with Crippen LogP contribution in [0.5, 0.6) is 5.75 Å². The molecule has 0 amide bonds. The molecule has 0 radical (unpaired) electrons. The van der Waals surface area contributed by atoms with E-state index in [0.29, 0.717) is 0 Å². The van der Waals surface area contributed by atoms with Gasteiger partial charge in [0, 0.05) is 0 Å². The molecule has 0 saturated heterocycles. The van der Waals surface area contributed by atoms with Crippen LogP contribution in [0, 0.1) is 0 Å². The Labute approximate surface area is 178 Å². The third-order valence-electron chi connectivity index (χ3n) is 5.47. The molecular weight excluding hydrogens is 383 g/mol. The minimum Gasteiger partial charge on any atom is -0.404 e. The van der Waals surface area contributed by atoms with Gasteiger partial charge in [0.25, 0.3) is 0 Å². The quantitative estimate of drug-likeness (QED) is 0.174. The molecule has 29 heavy (non-hydrogen) atoms. The van der Waals surface area contributed by atoms with Gasteiger partial charge in [-0.05, 0) is 30.5 Å². The maximum absolute atomic E-state index is 10.8. The number of rotatable bonds is 19. The molecule has 0 aliphatic carbocycles. The summed E-state index contributed by atoms with van der Waals surface area (Å²) in [6.07, 6.45) is 23.0. The number of aryl methyl sites for hydroxylation is 1. The Hall–Kier alpha value is -0.830. The predicted octanol–water partition coefficient (Wildman–Crippen LogP) is 7.96. The van der Waals surface area contributed by atoms with E-state index in [1.54, 1.807) is 12.1 Å². The Balaban J connectivity index is 1.86. The lowest BCUT2D eigenvalue weighted by Gasteiger charge is -2.07. The zero-order valence-electron chi connectivity index (χ0n) is 18.5. The van der Waals surface area contributed by atoms with Crippen molar-refractivity contribution in [2.75, 3.05) is 0 Å². The van der Waals surface area contributed by atoms with E-state index < -0.39 is 7.82 Å². The summed E-state index contributed by atoms with van der Waals surface area (Å²) in [4.78, 5) is 17.6. The first kappa shape index (κ1) is 26.2. The third-order valence-corrected chi connectivity index (χ3v) is 5.92. The third kappa shape index (κ3) is 16.6. The highest BCUT2D eigenvalue weighted by atomic mass is 31.2. The zero-order chi connectivity index (χ0) is 21.2. The van der Waals surface area contributed by atoms with E-state index in [1.165, 1.54) is 102 Å². The molecule has 2 N–H and O–H groups in total. The normalized spacial score (nSPS) is 11.7. The zero-order valence-corrected chi connectivity index (χ0v) is 19.4. The molecule has 0 unspecified atom stereocenters. The topological polar surface area (TPSA) is 66.8 Å².